The van der Waals surface area contributed by atoms with E-state index in [-0.39, 0.29) is 12.5 Å². The predicted octanol–water partition coefficient (Wildman–Crippen LogP) is 1.68. The summed E-state index contributed by atoms with van der Waals surface area (Å²) in [6.07, 6.45) is 2.22. The van der Waals surface area contributed by atoms with E-state index in [9.17, 15) is 9.59 Å². The molecule has 3 rings (SSSR count). The van der Waals surface area contributed by atoms with E-state index >= 15 is 0 Å². The highest BCUT2D eigenvalue weighted by atomic mass is 16.2. The zero-order valence-electron chi connectivity index (χ0n) is 15.3. The van der Waals surface area contributed by atoms with Crippen LogP contribution in [0.2, 0.25) is 0 Å². The van der Waals surface area contributed by atoms with E-state index < -0.39 is 5.69 Å². The van der Waals surface area contributed by atoms with Crippen molar-refractivity contribution < 1.29 is 4.79 Å². The molecule has 138 valence electrons. The third-order valence-corrected chi connectivity index (χ3v) is 4.09. The number of hydrogen-bond acceptors (Lipinski definition) is 5. The van der Waals surface area contributed by atoms with Gasteiger partial charge >= 0.3 is 5.69 Å². The van der Waals surface area contributed by atoms with Gasteiger partial charge in [0.1, 0.15) is 12.4 Å². The Balaban J connectivity index is 1.57. The van der Waals surface area contributed by atoms with Crippen molar-refractivity contribution in [2.45, 2.75) is 26.8 Å². The molecule has 27 heavy (non-hydrogen) atoms. The molecular weight excluding hydrogens is 342 g/mol. The first-order valence-electron chi connectivity index (χ1n) is 8.72. The lowest BCUT2D eigenvalue weighted by atomic mass is 10.1. The van der Waals surface area contributed by atoms with Crippen LogP contribution in [-0.4, -0.2) is 32.0 Å². The summed E-state index contributed by atoms with van der Waals surface area (Å²) in [5, 5.41) is 2.80. The Hall–Kier alpha value is -3.35. The summed E-state index contributed by atoms with van der Waals surface area (Å²) in [6, 6.07) is 13.5. The van der Waals surface area contributed by atoms with Crippen LogP contribution in [0.25, 0.3) is 11.3 Å². The first kappa shape index (κ1) is 18.4. The van der Waals surface area contributed by atoms with Crippen LogP contribution in [0, 0.1) is 13.8 Å². The van der Waals surface area contributed by atoms with Gasteiger partial charge in [0.25, 0.3) is 0 Å². The number of hydrogen-bond donors (Lipinski definition) is 1. The van der Waals surface area contributed by atoms with Gasteiger partial charge in [-0.25, -0.2) is 14.8 Å². The van der Waals surface area contributed by atoms with Crippen LogP contribution < -0.4 is 11.0 Å². The monoisotopic (exact) mass is 363 g/mol. The minimum atomic E-state index is -0.415. The molecule has 0 saturated carbocycles. The smallest absolute Gasteiger partial charge is 0.348 e. The van der Waals surface area contributed by atoms with Crippen molar-refractivity contribution in [3.63, 3.8) is 0 Å². The maximum Gasteiger partial charge on any atom is 0.348 e. The Morgan fingerprint density at radius 2 is 1.89 bits per heavy atom. The van der Waals surface area contributed by atoms with E-state index in [0.717, 1.165) is 11.3 Å². The Bertz CT molecular complexity index is 999. The lowest BCUT2D eigenvalue weighted by Crippen LogP contribution is -2.35. The van der Waals surface area contributed by atoms with Crippen LogP contribution in [0.5, 0.6) is 0 Å². The van der Waals surface area contributed by atoms with Crippen molar-refractivity contribution in [1.29, 1.82) is 0 Å². The van der Waals surface area contributed by atoms with Crippen molar-refractivity contribution in [2.75, 3.05) is 6.54 Å². The second kappa shape index (κ2) is 8.35. The zero-order valence-corrected chi connectivity index (χ0v) is 15.3. The fraction of sp³-hybridized carbons (Fsp3) is 0.250. The van der Waals surface area contributed by atoms with Gasteiger partial charge in [0.2, 0.25) is 5.91 Å². The van der Waals surface area contributed by atoms with Crippen molar-refractivity contribution in [3.8, 4) is 11.3 Å². The summed E-state index contributed by atoms with van der Waals surface area (Å²) in [7, 11) is 0. The number of rotatable bonds is 6. The second-order valence-electron chi connectivity index (χ2n) is 6.23. The summed E-state index contributed by atoms with van der Waals surface area (Å²) >= 11 is 0. The highest BCUT2D eigenvalue weighted by Crippen LogP contribution is 2.15. The summed E-state index contributed by atoms with van der Waals surface area (Å²) in [5.41, 5.74) is 2.81. The molecule has 0 fully saturated rings. The summed E-state index contributed by atoms with van der Waals surface area (Å²) in [4.78, 5) is 36.7. The molecule has 0 spiro atoms. The molecule has 1 N–H and O–H groups in total. The van der Waals surface area contributed by atoms with E-state index in [1.165, 1.54) is 4.57 Å². The minimum absolute atomic E-state index is 0.0527. The van der Waals surface area contributed by atoms with Gasteiger partial charge in [-0.2, -0.15) is 4.98 Å². The fourth-order valence-electron chi connectivity index (χ4n) is 2.77. The van der Waals surface area contributed by atoms with Gasteiger partial charge in [-0.05, 0) is 26.0 Å². The maximum absolute atomic E-state index is 12.1. The van der Waals surface area contributed by atoms with E-state index in [4.69, 9.17) is 0 Å². The van der Waals surface area contributed by atoms with Gasteiger partial charge in [0.15, 0.2) is 0 Å². The van der Waals surface area contributed by atoms with Crippen molar-refractivity contribution >= 4 is 5.91 Å². The number of nitrogens with one attached hydrogen (secondary N) is 1. The number of amides is 1. The van der Waals surface area contributed by atoms with Crippen LogP contribution in [0.1, 0.15) is 17.2 Å². The first-order valence-corrected chi connectivity index (χ1v) is 8.72. The van der Waals surface area contributed by atoms with Crippen molar-refractivity contribution in [1.82, 2.24) is 24.8 Å². The second-order valence-corrected chi connectivity index (χ2v) is 6.23. The van der Waals surface area contributed by atoms with Gasteiger partial charge in [0.05, 0.1) is 5.69 Å². The molecule has 0 aliphatic carbocycles. The number of aromatic nitrogens is 4. The first-order chi connectivity index (χ1) is 13.0. The third kappa shape index (κ3) is 4.84. The van der Waals surface area contributed by atoms with Crippen molar-refractivity contribution in [2.24, 2.45) is 0 Å². The van der Waals surface area contributed by atoms with Gasteiger partial charge in [0, 0.05) is 36.1 Å². The molecular formula is C20H21N5O2. The summed E-state index contributed by atoms with van der Waals surface area (Å²) in [5.74, 6) is 0.409. The predicted molar refractivity (Wildman–Crippen MR) is 102 cm³/mol. The van der Waals surface area contributed by atoms with Crippen LogP contribution >= 0.6 is 0 Å². The molecule has 7 heteroatoms. The number of aryl methyl sites for hydroxylation is 2. The zero-order chi connectivity index (χ0) is 19.2. The Labute approximate surface area is 157 Å². The lowest BCUT2D eigenvalue weighted by molar-refractivity contribution is -0.121. The van der Waals surface area contributed by atoms with E-state index in [2.05, 4.69) is 20.3 Å². The number of carbonyl (C=O) groups is 1. The molecule has 0 radical (unpaired) electrons. The van der Waals surface area contributed by atoms with Crippen LogP contribution in [0.3, 0.4) is 0 Å². The highest BCUT2D eigenvalue weighted by Gasteiger charge is 2.09. The molecule has 0 aliphatic heterocycles. The molecule has 2 aromatic heterocycles. The average Bonchev–Trinajstić information content (AvgIpc) is 2.66. The fourth-order valence-corrected chi connectivity index (χ4v) is 2.77. The summed E-state index contributed by atoms with van der Waals surface area (Å²) < 4.78 is 1.36. The van der Waals surface area contributed by atoms with Crippen LogP contribution in [-0.2, 0) is 17.8 Å². The molecule has 3 aromatic rings. The van der Waals surface area contributed by atoms with Crippen LogP contribution in [0.15, 0.2) is 53.5 Å². The summed E-state index contributed by atoms with van der Waals surface area (Å²) in [6.45, 7) is 3.88. The van der Waals surface area contributed by atoms with Crippen LogP contribution in [0.4, 0.5) is 0 Å². The maximum atomic E-state index is 12.1. The molecule has 7 nitrogen and oxygen atoms in total. The minimum Gasteiger partial charge on any atom is -0.354 e. The number of benzene rings is 1. The molecule has 0 saturated heterocycles. The molecule has 2 heterocycles. The normalized spacial score (nSPS) is 10.6. The van der Waals surface area contributed by atoms with E-state index in [1.807, 2.05) is 36.4 Å². The largest absolute Gasteiger partial charge is 0.354 e. The van der Waals surface area contributed by atoms with Gasteiger partial charge < -0.3 is 5.32 Å². The molecule has 0 atom stereocenters. The average molecular weight is 363 g/mol. The van der Waals surface area contributed by atoms with Gasteiger partial charge in [-0.3, -0.25) is 9.36 Å². The van der Waals surface area contributed by atoms with Crippen molar-refractivity contribution in [3.05, 3.63) is 76.4 Å². The Morgan fingerprint density at radius 3 is 2.63 bits per heavy atom. The van der Waals surface area contributed by atoms with E-state index in [0.29, 0.717) is 30.2 Å². The molecule has 0 unspecified atom stereocenters. The Morgan fingerprint density at radius 1 is 1.11 bits per heavy atom. The topological polar surface area (TPSA) is 89.8 Å². The third-order valence-electron chi connectivity index (χ3n) is 4.09. The number of carbonyl (C=O) groups excluding carboxylic acids is 1. The van der Waals surface area contributed by atoms with Gasteiger partial charge in [-0.15, -0.1) is 0 Å². The molecule has 1 aromatic carbocycles. The molecule has 0 bridgehead atoms. The highest BCUT2D eigenvalue weighted by molar-refractivity contribution is 5.75. The SMILES string of the molecule is Cc1cc(C)n(CC(=O)NCCc2nccc(-c3ccccc3)n2)c(=O)n1. The van der Waals surface area contributed by atoms with Gasteiger partial charge in [-0.1, -0.05) is 30.3 Å². The molecule has 1 amide bonds. The lowest BCUT2D eigenvalue weighted by Gasteiger charge is -2.10. The molecule has 0 aliphatic rings. The quantitative estimate of drug-likeness (QED) is 0.720. The Kier molecular flexibility index (Phi) is 5.71. The van der Waals surface area contributed by atoms with E-state index in [1.54, 1.807) is 26.1 Å². The standard InChI is InChI=1S/C20H21N5O2/c1-14-12-15(2)25(20(27)23-14)13-19(26)22-11-9-18-21-10-8-17(24-18)16-6-4-3-5-7-16/h3-8,10,12H,9,11,13H2,1-2H3,(H,22,26). The number of nitrogens with zero attached hydrogens (tertiary/aromatic N) is 4.